The average Bonchev–Trinajstić information content (AvgIpc) is 2.78. The third kappa shape index (κ3) is 3.53. The van der Waals surface area contributed by atoms with Gasteiger partial charge in [-0.3, -0.25) is 0 Å². The standard InChI is InChI=1S/C24H17N3O4/c25-22-20-21(26-23(27-22)15-7-4-8-16(28)11-15)18-10-9-17(12-19(18)31-24(20)29)30-13-14-5-2-1-3-6-14/h1-12,28H,13H2,(H2,25,26,27). The Kier molecular flexibility index (Phi) is 4.48. The lowest BCUT2D eigenvalue weighted by atomic mass is 10.1. The van der Waals surface area contributed by atoms with E-state index < -0.39 is 5.63 Å². The smallest absolute Gasteiger partial charge is 0.349 e. The van der Waals surface area contributed by atoms with Crippen LogP contribution in [0.1, 0.15) is 5.56 Å². The fraction of sp³-hybridized carbons (Fsp3) is 0.0417. The first-order valence-electron chi connectivity index (χ1n) is 9.59. The molecule has 0 saturated carbocycles. The molecule has 7 nitrogen and oxygen atoms in total. The summed E-state index contributed by atoms with van der Waals surface area (Å²) in [6.45, 7) is 0.390. The molecular weight excluding hydrogens is 394 g/mol. The fourth-order valence-electron chi connectivity index (χ4n) is 3.41. The molecule has 5 rings (SSSR count). The molecule has 0 fully saturated rings. The molecule has 0 aliphatic carbocycles. The van der Waals surface area contributed by atoms with Crippen molar-refractivity contribution in [2.45, 2.75) is 6.61 Å². The Hall–Kier alpha value is -4.39. The van der Waals surface area contributed by atoms with Crippen LogP contribution in [0, 0.1) is 0 Å². The zero-order valence-electron chi connectivity index (χ0n) is 16.3. The molecule has 152 valence electrons. The molecule has 0 bridgehead atoms. The van der Waals surface area contributed by atoms with Crippen molar-refractivity contribution < 1.29 is 14.3 Å². The Labute approximate surface area is 176 Å². The molecule has 0 unspecified atom stereocenters. The summed E-state index contributed by atoms with van der Waals surface area (Å²) < 4.78 is 11.3. The largest absolute Gasteiger partial charge is 0.508 e. The summed E-state index contributed by atoms with van der Waals surface area (Å²) in [5, 5.41) is 10.5. The van der Waals surface area contributed by atoms with Crippen LogP contribution in [-0.4, -0.2) is 15.1 Å². The predicted molar refractivity (Wildman–Crippen MR) is 118 cm³/mol. The third-order valence-corrected chi connectivity index (χ3v) is 4.90. The van der Waals surface area contributed by atoms with Crippen LogP contribution < -0.4 is 16.1 Å². The van der Waals surface area contributed by atoms with Crippen molar-refractivity contribution in [1.82, 2.24) is 9.97 Å². The summed E-state index contributed by atoms with van der Waals surface area (Å²) in [7, 11) is 0. The van der Waals surface area contributed by atoms with Crippen molar-refractivity contribution in [3.05, 3.63) is 88.8 Å². The zero-order chi connectivity index (χ0) is 21.4. The van der Waals surface area contributed by atoms with Gasteiger partial charge in [0.15, 0.2) is 5.82 Å². The molecule has 0 aliphatic heterocycles. The van der Waals surface area contributed by atoms with E-state index in [0.29, 0.717) is 40.2 Å². The van der Waals surface area contributed by atoms with E-state index in [2.05, 4.69) is 9.97 Å². The van der Waals surface area contributed by atoms with Gasteiger partial charge in [0.05, 0.1) is 5.52 Å². The van der Waals surface area contributed by atoms with E-state index in [4.69, 9.17) is 14.9 Å². The molecule has 7 heteroatoms. The van der Waals surface area contributed by atoms with Crippen molar-refractivity contribution in [2.75, 3.05) is 5.73 Å². The maximum absolute atomic E-state index is 12.6. The Balaban J connectivity index is 1.62. The first-order valence-corrected chi connectivity index (χ1v) is 9.59. The second-order valence-electron chi connectivity index (χ2n) is 7.03. The first-order chi connectivity index (χ1) is 15.1. The van der Waals surface area contributed by atoms with Crippen molar-refractivity contribution >= 4 is 27.7 Å². The van der Waals surface area contributed by atoms with Crippen LogP contribution in [-0.2, 0) is 6.61 Å². The number of phenols is 1. The van der Waals surface area contributed by atoms with Crippen LogP contribution in [0.15, 0.2) is 82.0 Å². The van der Waals surface area contributed by atoms with Gasteiger partial charge in [0.2, 0.25) is 0 Å². The average molecular weight is 411 g/mol. The molecular formula is C24H17N3O4. The number of aromatic hydroxyl groups is 1. The molecule has 0 radical (unpaired) electrons. The van der Waals surface area contributed by atoms with E-state index in [1.807, 2.05) is 30.3 Å². The number of nitrogen functional groups attached to an aromatic ring is 1. The number of phenolic OH excluding ortho intramolecular Hbond substituents is 1. The maximum atomic E-state index is 12.6. The van der Waals surface area contributed by atoms with E-state index in [9.17, 15) is 9.90 Å². The molecule has 0 amide bonds. The van der Waals surface area contributed by atoms with Crippen molar-refractivity contribution in [3.63, 3.8) is 0 Å². The zero-order valence-corrected chi connectivity index (χ0v) is 16.3. The van der Waals surface area contributed by atoms with Gasteiger partial charge in [0.1, 0.15) is 34.9 Å². The molecule has 3 N–H and O–H groups in total. The number of ether oxygens (including phenoxy) is 1. The highest BCUT2D eigenvalue weighted by molar-refractivity contribution is 6.05. The molecule has 0 spiro atoms. The Morgan fingerprint density at radius 2 is 1.81 bits per heavy atom. The van der Waals surface area contributed by atoms with Gasteiger partial charge in [0.25, 0.3) is 0 Å². The highest BCUT2D eigenvalue weighted by atomic mass is 16.5. The molecule has 2 aromatic heterocycles. The maximum Gasteiger partial charge on any atom is 0.349 e. The normalized spacial score (nSPS) is 11.1. The molecule has 31 heavy (non-hydrogen) atoms. The lowest BCUT2D eigenvalue weighted by Crippen LogP contribution is -2.08. The molecule has 3 aromatic carbocycles. The Morgan fingerprint density at radius 1 is 0.968 bits per heavy atom. The Bertz CT molecular complexity index is 1480. The minimum absolute atomic E-state index is 0.0170. The van der Waals surface area contributed by atoms with Gasteiger partial charge >= 0.3 is 5.63 Å². The minimum Gasteiger partial charge on any atom is -0.508 e. The van der Waals surface area contributed by atoms with Gasteiger partial charge < -0.3 is 20.0 Å². The number of fused-ring (bicyclic) bond motifs is 3. The number of benzene rings is 3. The number of nitrogens with two attached hydrogens (primary N) is 1. The van der Waals surface area contributed by atoms with Gasteiger partial charge in [-0.25, -0.2) is 14.8 Å². The summed E-state index contributed by atoms with van der Waals surface area (Å²) in [4.78, 5) is 21.4. The molecule has 0 aliphatic rings. The van der Waals surface area contributed by atoms with Crippen molar-refractivity contribution in [1.29, 1.82) is 0 Å². The third-order valence-electron chi connectivity index (χ3n) is 4.90. The molecule has 2 heterocycles. The first kappa shape index (κ1) is 18.6. The van der Waals surface area contributed by atoms with Crippen LogP contribution >= 0.6 is 0 Å². The van der Waals surface area contributed by atoms with Gasteiger partial charge in [-0.1, -0.05) is 42.5 Å². The summed E-state index contributed by atoms with van der Waals surface area (Å²) >= 11 is 0. The number of anilines is 1. The number of aromatic nitrogens is 2. The van der Waals surface area contributed by atoms with Crippen molar-refractivity contribution in [2.24, 2.45) is 0 Å². The summed E-state index contributed by atoms with van der Waals surface area (Å²) in [6, 6.07) is 21.5. The van der Waals surface area contributed by atoms with Crippen LogP contribution in [0.3, 0.4) is 0 Å². The SMILES string of the molecule is Nc1nc(-c2cccc(O)c2)nc2c1c(=O)oc1cc(OCc3ccccc3)ccc12. The van der Waals surface area contributed by atoms with Gasteiger partial charge in [0, 0.05) is 17.0 Å². The van der Waals surface area contributed by atoms with Gasteiger partial charge in [-0.2, -0.15) is 0 Å². The van der Waals surface area contributed by atoms with E-state index in [0.717, 1.165) is 5.56 Å². The topological polar surface area (TPSA) is 111 Å². The quantitative estimate of drug-likeness (QED) is 0.335. The molecule has 0 saturated heterocycles. The summed E-state index contributed by atoms with van der Waals surface area (Å²) in [5.74, 6) is 0.965. The summed E-state index contributed by atoms with van der Waals surface area (Å²) in [6.07, 6.45) is 0. The van der Waals surface area contributed by atoms with Crippen LogP contribution in [0.25, 0.3) is 33.3 Å². The lowest BCUT2D eigenvalue weighted by molar-refractivity contribution is 0.306. The van der Waals surface area contributed by atoms with Gasteiger partial charge in [-0.05, 0) is 29.8 Å². The molecule has 0 atom stereocenters. The van der Waals surface area contributed by atoms with E-state index in [1.165, 1.54) is 6.07 Å². The predicted octanol–water partition coefficient (Wildman–Crippen LogP) is 4.27. The number of hydrogen-bond acceptors (Lipinski definition) is 7. The van der Waals surface area contributed by atoms with E-state index >= 15 is 0 Å². The monoisotopic (exact) mass is 411 g/mol. The van der Waals surface area contributed by atoms with E-state index in [-0.39, 0.29) is 17.0 Å². The minimum atomic E-state index is -0.623. The number of hydrogen-bond donors (Lipinski definition) is 2. The van der Waals surface area contributed by atoms with Crippen LogP contribution in [0.4, 0.5) is 5.82 Å². The fourth-order valence-corrected chi connectivity index (χ4v) is 3.41. The van der Waals surface area contributed by atoms with Crippen LogP contribution in [0.2, 0.25) is 0 Å². The highest BCUT2D eigenvalue weighted by Gasteiger charge is 2.16. The second-order valence-corrected chi connectivity index (χ2v) is 7.03. The molecule has 5 aromatic rings. The van der Waals surface area contributed by atoms with Gasteiger partial charge in [-0.15, -0.1) is 0 Å². The van der Waals surface area contributed by atoms with Crippen molar-refractivity contribution in [3.8, 4) is 22.9 Å². The van der Waals surface area contributed by atoms with Crippen LogP contribution in [0.5, 0.6) is 11.5 Å². The highest BCUT2D eigenvalue weighted by Crippen LogP contribution is 2.30. The Morgan fingerprint density at radius 3 is 2.61 bits per heavy atom. The number of nitrogens with zero attached hydrogens (tertiary/aromatic N) is 2. The lowest BCUT2D eigenvalue weighted by Gasteiger charge is -2.09. The second kappa shape index (κ2) is 7.46. The number of rotatable bonds is 4. The van der Waals surface area contributed by atoms with E-state index in [1.54, 1.807) is 36.4 Å². The summed E-state index contributed by atoms with van der Waals surface area (Å²) in [5.41, 5.74) is 7.77.